The molecule has 110 valence electrons. The van der Waals surface area contributed by atoms with Crippen LogP contribution in [0.5, 0.6) is 0 Å². The quantitative estimate of drug-likeness (QED) is 0.844. The number of benzene rings is 1. The molecule has 1 N–H and O–H groups in total. The topological polar surface area (TPSA) is 36.1 Å². The Morgan fingerprint density at radius 3 is 2.90 bits per heavy atom. The molecule has 1 aromatic carbocycles. The molecule has 0 bridgehead atoms. The lowest BCUT2D eigenvalue weighted by atomic mass is 9.78. The third-order valence-corrected chi connectivity index (χ3v) is 5.30. The van der Waals surface area contributed by atoms with E-state index >= 15 is 0 Å². The van der Waals surface area contributed by atoms with Crippen molar-refractivity contribution in [1.29, 1.82) is 0 Å². The Morgan fingerprint density at radius 2 is 1.95 bits per heavy atom. The number of nitrogens with one attached hydrogen (secondary N) is 1. The molecule has 2 heterocycles. The molecule has 0 radical (unpaired) electrons. The van der Waals surface area contributed by atoms with Crippen LogP contribution in [0.4, 0.5) is 0 Å². The van der Waals surface area contributed by atoms with Crippen molar-refractivity contribution in [3.8, 4) is 0 Å². The number of carbonyl (C=O) groups excluding carboxylic acids is 1. The fraction of sp³-hybridized carbons (Fsp3) is 0.500. The van der Waals surface area contributed by atoms with Gasteiger partial charge in [0.15, 0.2) is 0 Å². The molecule has 1 amide bonds. The molecule has 0 unspecified atom stereocenters. The van der Waals surface area contributed by atoms with Crippen LogP contribution in [-0.4, -0.2) is 28.4 Å². The minimum atomic E-state index is 0.231. The molecule has 1 saturated carbocycles. The first-order chi connectivity index (χ1) is 10.3. The number of fused-ring (bicyclic) bond motifs is 2. The van der Waals surface area contributed by atoms with E-state index in [0.717, 1.165) is 28.9 Å². The Hall–Kier alpha value is -1.77. The second-order valence-corrected chi connectivity index (χ2v) is 6.53. The number of aromatic nitrogens is 1. The summed E-state index contributed by atoms with van der Waals surface area (Å²) >= 11 is 0. The number of hydrogen-bond acceptors (Lipinski definition) is 1. The van der Waals surface area contributed by atoms with Crippen molar-refractivity contribution in [2.75, 3.05) is 6.54 Å². The SMILES string of the molecule is O=C(c1ccc2[nH]ccc2c1)N1CCC[C@@H]2CCCC[C@H]21. The molecule has 1 aliphatic carbocycles. The summed E-state index contributed by atoms with van der Waals surface area (Å²) < 4.78 is 0. The second-order valence-electron chi connectivity index (χ2n) is 6.53. The number of hydrogen-bond donors (Lipinski definition) is 1. The summed E-state index contributed by atoms with van der Waals surface area (Å²) in [5.41, 5.74) is 1.94. The maximum Gasteiger partial charge on any atom is 0.254 e. The van der Waals surface area contributed by atoms with Crippen LogP contribution >= 0.6 is 0 Å². The summed E-state index contributed by atoms with van der Waals surface area (Å²) in [6.45, 7) is 0.936. The van der Waals surface area contributed by atoms with Crippen molar-refractivity contribution in [3.63, 3.8) is 0 Å². The first kappa shape index (κ1) is 12.9. The van der Waals surface area contributed by atoms with Gasteiger partial charge in [0.25, 0.3) is 5.91 Å². The molecule has 2 aromatic rings. The molecule has 0 spiro atoms. The number of nitrogens with zero attached hydrogens (tertiary/aromatic N) is 1. The molecule has 2 atom stereocenters. The normalized spacial score (nSPS) is 25.8. The summed E-state index contributed by atoms with van der Waals surface area (Å²) in [7, 11) is 0. The number of amides is 1. The average Bonchev–Trinajstić information content (AvgIpc) is 3.01. The van der Waals surface area contributed by atoms with Crippen LogP contribution in [0.2, 0.25) is 0 Å². The largest absolute Gasteiger partial charge is 0.361 e. The van der Waals surface area contributed by atoms with Gasteiger partial charge in [-0.1, -0.05) is 12.8 Å². The third-order valence-electron chi connectivity index (χ3n) is 5.30. The van der Waals surface area contributed by atoms with Gasteiger partial charge in [-0.25, -0.2) is 0 Å². The Kier molecular flexibility index (Phi) is 3.21. The zero-order valence-electron chi connectivity index (χ0n) is 12.3. The van der Waals surface area contributed by atoms with Crippen molar-refractivity contribution in [2.24, 2.45) is 5.92 Å². The minimum absolute atomic E-state index is 0.231. The molecule has 1 aromatic heterocycles. The summed E-state index contributed by atoms with van der Waals surface area (Å²) in [5.74, 6) is 0.974. The molecule has 3 heteroatoms. The van der Waals surface area contributed by atoms with Crippen LogP contribution in [0.1, 0.15) is 48.9 Å². The number of aromatic amines is 1. The number of carbonyl (C=O) groups is 1. The van der Waals surface area contributed by atoms with E-state index in [-0.39, 0.29) is 5.91 Å². The summed E-state index contributed by atoms with van der Waals surface area (Å²) in [5, 5.41) is 1.12. The van der Waals surface area contributed by atoms with Gasteiger partial charge in [0, 0.05) is 35.2 Å². The van der Waals surface area contributed by atoms with Gasteiger partial charge in [-0.2, -0.15) is 0 Å². The Labute approximate surface area is 125 Å². The van der Waals surface area contributed by atoms with E-state index in [1.165, 1.54) is 38.5 Å². The van der Waals surface area contributed by atoms with Gasteiger partial charge >= 0.3 is 0 Å². The van der Waals surface area contributed by atoms with Crippen LogP contribution in [0.3, 0.4) is 0 Å². The molecule has 2 fully saturated rings. The fourth-order valence-corrected chi connectivity index (χ4v) is 4.23. The highest BCUT2D eigenvalue weighted by Crippen LogP contribution is 2.36. The third kappa shape index (κ3) is 2.25. The van der Waals surface area contributed by atoms with Crippen molar-refractivity contribution in [1.82, 2.24) is 9.88 Å². The molecule has 21 heavy (non-hydrogen) atoms. The first-order valence-electron chi connectivity index (χ1n) is 8.21. The van der Waals surface area contributed by atoms with Crippen LogP contribution in [0.25, 0.3) is 10.9 Å². The lowest BCUT2D eigenvalue weighted by Gasteiger charge is -2.44. The monoisotopic (exact) mass is 282 g/mol. The van der Waals surface area contributed by atoms with E-state index in [1.807, 2.05) is 30.5 Å². The van der Waals surface area contributed by atoms with E-state index in [1.54, 1.807) is 0 Å². The molecular weight excluding hydrogens is 260 g/mol. The zero-order chi connectivity index (χ0) is 14.2. The van der Waals surface area contributed by atoms with Crippen molar-refractivity contribution in [2.45, 2.75) is 44.6 Å². The maximum absolute atomic E-state index is 12.9. The van der Waals surface area contributed by atoms with E-state index in [2.05, 4.69) is 9.88 Å². The van der Waals surface area contributed by atoms with Gasteiger partial charge in [0.1, 0.15) is 0 Å². The van der Waals surface area contributed by atoms with Gasteiger partial charge in [-0.05, 0) is 55.9 Å². The average molecular weight is 282 g/mol. The fourth-order valence-electron chi connectivity index (χ4n) is 4.23. The van der Waals surface area contributed by atoms with Crippen LogP contribution in [0, 0.1) is 5.92 Å². The zero-order valence-corrected chi connectivity index (χ0v) is 12.3. The standard InChI is InChI=1S/C18H22N2O/c21-18(15-7-8-16-14(12-15)9-10-19-16)20-11-3-5-13-4-1-2-6-17(13)20/h7-10,12-13,17,19H,1-6,11H2/t13-,17+/m0/s1. The molecule has 1 saturated heterocycles. The van der Waals surface area contributed by atoms with E-state index in [4.69, 9.17) is 0 Å². The van der Waals surface area contributed by atoms with E-state index in [9.17, 15) is 4.79 Å². The number of H-pyrrole nitrogens is 1. The van der Waals surface area contributed by atoms with Gasteiger partial charge < -0.3 is 9.88 Å². The molecular formula is C18H22N2O. The molecule has 4 rings (SSSR count). The van der Waals surface area contributed by atoms with Crippen LogP contribution in [0.15, 0.2) is 30.5 Å². The minimum Gasteiger partial charge on any atom is -0.361 e. The Balaban J connectivity index is 1.63. The Morgan fingerprint density at radius 1 is 1.10 bits per heavy atom. The molecule has 2 aliphatic rings. The van der Waals surface area contributed by atoms with E-state index < -0.39 is 0 Å². The highest BCUT2D eigenvalue weighted by atomic mass is 16.2. The van der Waals surface area contributed by atoms with Crippen LogP contribution in [-0.2, 0) is 0 Å². The van der Waals surface area contributed by atoms with Gasteiger partial charge in [-0.15, -0.1) is 0 Å². The van der Waals surface area contributed by atoms with Crippen molar-refractivity contribution in [3.05, 3.63) is 36.0 Å². The molecule has 3 nitrogen and oxygen atoms in total. The number of rotatable bonds is 1. The number of piperidine rings is 1. The maximum atomic E-state index is 12.9. The van der Waals surface area contributed by atoms with E-state index in [0.29, 0.717) is 6.04 Å². The molecule has 1 aliphatic heterocycles. The summed E-state index contributed by atoms with van der Waals surface area (Å²) in [6, 6.07) is 8.53. The summed E-state index contributed by atoms with van der Waals surface area (Å²) in [6.07, 6.45) is 9.54. The highest BCUT2D eigenvalue weighted by Gasteiger charge is 2.35. The first-order valence-corrected chi connectivity index (χ1v) is 8.21. The predicted octanol–water partition coefficient (Wildman–Crippen LogP) is 3.96. The van der Waals surface area contributed by atoms with Crippen molar-refractivity contribution >= 4 is 16.8 Å². The highest BCUT2D eigenvalue weighted by molar-refractivity contribution is 5.98. The smallest absolute Gasteiger partial charge is 0.254 e. The van der Waals surface area contributed by atoms with Gasteiger partial charge in [-0.3, -0.25) is 4.79 Å². The predicted molar refractivity (Wildman–Crippen MR) is 84.3 cm³/mol. The second kappa shape index (κ2) is 5.21. The Bertz CT molecular complexity index is 658. The van der Waals surface area contributed by atoms with Crippen LogP contribution < -0.4 is 0 Å². The number of likely N-dealkylation sites (tertiary alicyclic amines) is 1. The van der Waals surface area contributed by atoms with Gasteiger partial charge in [0.05, 0.1) is 0 Å². The van der Waals surface area contributed by atoms with Gasteiger partial charge in [0.2, 0.25) is 0 Å². The van der Waals surface area contributed by atoms with Crippen molar-refractivity contribution < 1.29 is 4.79 Å². The lowest BCUT2D eigenvalue weighted by Crippen LogP contribution is -2.49. The lowest BCUT2D eigenvalue weighted by molar-refractivity contribution is 0.0391. The summed E-state index contributed by atoms with van der Waals surface area (Å²) in [4.78, 5) is 18.3.